The second kappa shape index (κ2) is 7.24. The molecule has 2 rings (SSSR count). The van der Waals surface area contributed by atoms with Crippen molar-refractivity contribution in [3.8, 4) is 0 Å². The first kappa shape index (κ1) is 16.3. The zero-order valence-corrected chi connectivity index (χ0v) is 14.1. The fraction of sp³-hybridized carbons (Fsp3) is 1.00. The maximum Gasteiger partial charge on any atom is 0.0278 e. The van der Waals surface area contributed by atoms with Gasteiger partial charge in [0.1, 0.15) is 0 Å². The largest absolute Gasteiger partial charge is 0.312 e. The Kier molecular flexibility index (Phi) is 5.88. The van der Waals surface area contributed by atoms with E-state index in [9.17, 15) is 0 Å². The molecule has 3 heteroatoms. The molecule has 1 aliphatic heterocycles. The molecule has 0 radical (unpaired) electrons. The second-order valence-corrected chi connectivity index (χ2v) is 7.62. The average Bonchev–Trinajstić information content (AvgIpc) is 2.46. The lowest BCUT2D eigenvalue weighted by molar-refractivity contribution is 0.0584. The third-order valence-electron chi connectivity index (χ3n) is 5.54. The zero-order chi connectivity index (χ0) is 14.6. The average molecular weight is 281 g/mol. The maximum atomic E-state index is 3.88. The van der Waals surface area contributed by atoms with E-state index >= 15 is 0 Å². The van der Waals surface area contributed by atoms with Crippen LogP contribution in [0.5, 0.6) is 0 Å². The van der Waals surface area contributed by atoms with Crippen molar-refractivity contribution in [3.63, 3.8) is 0 Å². The Balaban J connectivity index is 1.76. The number of nitrogens with zero attached hydrogens (tertiary/aromatic N) is 2. The molecule has 20 heavy (non-hydrogen) atoms. The van der Waals surface area contributed by atoms with Crippen LogP contribution in [0.15, 0.2) is 0 Å². The quantitative estimate of drug-likeness (QED) is 0.835. The predicted octanol–water partition coefficient (Wildman–Crippen LogP) is 2.57. The molecule has 2 aliphatic rings. The van der Waals surface area contributed by atoms with E-state index in [1.165, 1.54) is 58.3 Å². The monoisotopic (exact) mass is 281 g/mol. The highest BCUT2D eigenvalue weighted by atomic mass is 15.3. The minimum absolute atomic E-state index is 0.292. The molecular formula is C17H35N3. The summed E-state index contributed by atoms with van der Waals surface area (Å²) in [6.07, 6.45) is 7.02. The van der Waals surface area contributed by atoms with Crippen molar-refractivity contribution in [2.24, 2.45) is 5.92 Å². The first-order valence-electron chi connectivity index (χ1n) is 8.68. The van der Waals surface area contributed by atoms with Crippen molar-refractivity contribution in [2.45, 2.75) is 64.5 Å². The molecule has 0 bridgehead atoms. The van der Waals surface area contributed by atoms with Crippen LogP contribution in [0, 0.1) is 5.92 Å². The normalized spacial score (nSPS) is 30.6. The molecule has 2 atom stereocenters. The fourth-order valence-corrected chi connectivity index (χ4v) is 3.76. The smallest absolute Gasteiger partial charge is 0.0278 e. The Morgan fingerprint density at radius 1 is 1.10 bits per heavy atom. The predicted molar refractivity (Wildman–Crippen MR) is 87.2 cm³/mol. The van der Waals surface area contributed by atoms with Gasteiger partial charge in [0.05, 0.1) is 0 Å². The van der Waals surface area contributed by atoms with Crippen molar-refractivity contribution >= 4 is 0 Å². The molecule has 3 nitrogen and oxygen atoms in total. The van der Waals surface area contributed by atoms with Gasteiger partial charge < -0.3 is 10.2 Å². The van der Waals surface area contributed by atoms with E-state index in [-0.39, 0.29) is 0 Å². The summed E-state index contributed by atoms with van der Waals surface area (Å²) >= 11 is 0. The van der Waals surface area contributed by atoms with E-state index in [2.05, 4.69) is 42.9 Å². The van der Waals surface area contributed by atoms with Crippen LogP contribution < -0.4 is 5.32 Å². The fourth-order valence-electron chi connectivity index (χ4n) is 3.76. The number of piperazine rings is 1. The lowest BCUT2D eigenvalue weighted by Gasteiger charge is -2.44. The molecule has 1 N–H and O–H groups in total. The van der Waals surface area contributed by atoms with Crippen molar-refractivity contribution in [3.05, 3.63) is 0 Å². The Labute approximate surface area is 126 Å². The van der Waals surface area contributed by atoms with Crippen molar-refractivity contribution in [2.75, 3.05) is 39.8 Å². The highest BCUT2D eigenvalue weighted by molar-refractivity contribution is 4.89. The van der Waals surface area contributed by atoms with Crippen molar-refractivity contribution in [1.29, 1.82) is 0 Å². The molecule has 2 unspecified atom stereocenters. The van der Waals surface area contributed by atoms with Gasteiger partial charge in [-0.05, 0) is 39.7 Å². The van der Waals surface area contributed by atoms with Crippen LogP contribution in [-0.4, -0.2) is 61.2 Å². The van der Waals surface area contributed by atoms with Crippen LogP contribution >= 0.6 is 0 Å². The van der Waals surface area contributed by atoms with Crippen LogP contribution in [0.3, 0.4) is 0 Å². The van der Waals surface area contributed by atoms with Crippen LogP contribution in [0.4, 0.5) is 0 Å². The van der Waals surface area contributed by atoms with Gasteiger partial charge in [0.25, 0.3) is 0 Å². The summed E-state index contributed by atoms with van der Waals surface area (Å²) in [5.74, 6) is 0.966. The number of rotatable bonds is 5. The summed E-state index contributed by atoms with van der Waals surface area (Å²) in [5.41, 5.74) is 0.292. The van der Waals surface area contributed by atoms with Gasteiger partial charge >= 0.3 is 0 Å². The van der Waals surface area contributed by atoms with Crippen LogP contribution in [0.25, 0.3) is 0 Å². The second-order valence-electron chi connectivity index (χ2n) is 7.62. The highest BCUT2D eigenvalue weighted by Crippen LogP contribution is 2.27. The maximum absolute atomic E-state index is 3.88. The molecule has 1 aliphatic carbocycles. The van der Waals surface area contributed by atoms with Gasteiger partial charge in [-0.3, -0.25) is 4.90 Å². The van der Waals surface area contributed by atoms with E-state index in [1.807, 2.05) is 0 Å². The number of hydrogen-bond acceptors (Lipinski definition) is 3. The summed E-state index contributed by atoms with van der Waals surface area (Å²) in [6, 6.07) is 0.764. The van der Waals surface area contributed by atoms with Gasteiger partial charge in [-0.15, -0.1) is 0 Å². The summed E-state index contributed by atoms with van der Waals surface area (Å²) in [5, 5.41) is 3.88. The first-order chi connectivity index (χ1) is 9.51. The van der Waals surface area contributed by atoms with E-state index in [4.69, 9.17) is 0 Å². The molecule has 118 valence electrons. The standard InChI is InChI=1S/C17H35N3/c1-5-15-7-6-8-16(13-15)18-14-17(2,3)20-11-9-19(4)10-12-20/h15-16,18H,5-14H2,1-4H3. The Bertz CT molecular complexity index is 282. The minimum Gasteiger partial charge on any atom is -0.312 e. The van der Waals surface area contributed by atoms with Crippen LogP contribution in [0.1, 0.15) is 52.9 Å². The van der Waals surface area contributed by atoms with Gasteiger partial charge in [0, 0.05) is 44.3 Å². The molecule has 1 saturated heterocycles. The van der Waals surface area contributed by atoms with Crippen LogP contribution in [0.2, 0.25) is 0 Å². The summed E-state index contributed by atoms with van der Waals surface area (Å²) < 4.78 is 0. The van der Waals surface area contributed by atoms with Gasteiger partial charge in [-0.1, -0.05) is 26.2 Å². The van der Waals surface area contributed by atoms with E-state index in [1.54, 1.807) is 0 Å². The topological polar surface area (TPSA) is 18.5 Å². The van der Waals surface area contributed by atoms with Gasteiger partial charge in [-0.2, -0.15) is 0 Å². The zero-order valence-electron chi connectivity index (χ0n) is 14.1. The molecule has 1 saturated carbocycles. The van der Waals surface area contributed by atoms with E-state index in [0.717, 1.165) is 18.5 Å². The van der Waals surface area contributed by atoms with Crippen molar-refractivity contribution in [1.82, 2.24) is 15.1 Å². The summed E-state index contributed by atoms with van der Waals surface area (Å²) in [6.45, 7) is 13.2. The molecule has 2 fully saturated rings. The number of likely N-dealkylation sites (N-methyl/N-ethyl adjacent to an activating group) is 1. The van der Waals surface area contributed by atoms with Gasteiger partial charge in [0.2, 0.25) is 0 Å². The molecule has 1 heterocycles. The summed E-state index contributed by atoms with van der Waals surface area (Å²) in [4.78, 5) is 5.10. The Hall–Kier alpha value is -0.120. The van der Waals surface area contributed by atoms with E-state index < -0.39 is 0 Å². The SMILES string of the molecule is CCC1CCCC(NCC(C)(C)N2CCN(C)CC2)C1. The Morgan fingerprint density at radius 2 is 1.80 bits per heavy atom. The third-order valence-corrected chi connectivity index (χ3v) is 5.54. The third kappa shape index (κ3) is 4.44. The number of nitrogens with one attached hydrogen (secondary N) is 1. The Morgan fingerprint density at radius 3 is 2.45 bits per heavy atom. The molecule has 0 aromatic rings. The van der Waals surface area contributed by atoms with Crippen molar-refractivity contribution < 1.29 is 0 Å². The number of hydrogen-bond donors (Lipinski definition) is 1. The lowest BCUT2D eigenvalue weighted by atomic mass is 9.84. The summed E-state index contributed by atoms with van der Waals surface area (Å²) in [7, 11) is 2.23. The van der Waals surface area contributed by atoms with E-state index in [0.29, 0.717) is 5.54 Å². The minimum atomic E-state index is 0.292. The first-order valence-corrected chi connectivity index (χ1v) is 8.68. The molecule has 0 aromatic carbocycles. The van der Waals surface area contributed by atoms with Crippen LogP contribution in [-0.2, 0) is 0 Å². The highest BCUT2D eigenvalue weighted by Gasteiger charge is 2.30. The molecule has 0 amide bonds. The lowest BCUT2D eigenvalue weighted by Crippen LogP contribution is -2.58. The van der Waals surface area contributed by atoms with Gasteiger partial charge in [-0.25, -0.2) is 0 Å². The molecular weight excluding hydrogens is 246 g/mol. The molecule has 0 aromatic heterocycles. The molecule has 0 spiro atoms. The van der Waals surface area contributed by atoms with Gasteiger partial charge in [0.15, 0.2) is 0 Å².